The lowest BCUT2D eigenvalue weighted by Gasteiger charge is -2.15. The van der Waals surface area contributed by atoms with Crippen molar-refractivity contribution in [1.29, 1.82) is 0 Å². The number of hydrogen-bond acceptors (Lipinski definition) is 5. The van der Waals surface area contributed by atoms with Crippen LogP contribution in [0.4, 0.5) is 0 Å². The highest BCUT2D eigenvalue weighted by Gasteiger charge is 2.16. The van der Waals surface area contributed by atoms with Crippen molar-refractivity contribution in [3.63, 3.8) is 0 Å². The molecule has 0 aromatic carbocycles. The fourth-order valence-electron chi connectivity index (χ4n) is 9.96. The van der Waals surface area contributed by atoms with Crippen LogP contribution >= 0.6 is 0 Å². The van der Waals surface area contributed by atoms with E-state index in [9.17, 15) is 14.7 Å². The van der Waals surface area contributed by atoms with E-state index in [1.54, 1.807) is 0 Å². The smallest absolute Gasteiger partial charge is 0.306 e. The second-order valence-corrected chi connectivity index (χ2v) is 22.9. The lowest BCUT2D eigenvalue weighted by Crippen LogP contribution is -2.28. The highest BCUT2D eigenvalue weighted by atomic mass is 16.6. The molecule has 1 N–H and O–H groups in total. The van der Waals surface area contributed by atoms with Crippen LogP contribution in [0.1, 0.15) is 335 Å². The molecule has 1 unspecified atom stereocenters. The minimum absolute atomic E-state index is 0.0694. The Morgan fingerprint density at radius 3 is 0.812 bits per heavy atom. The van der Waals surface area contributed by atoms with E-state index >= 15 is 0 Å². The Morgan fingerprint density at radius 2 is 0.537 bits per heavy atom. The van der Waals surface area contributed by atoms with Gasteiger partial charge in [0.15, 0.2) is 6.10 Å². The number of unbranched alkanes of at least 4 members (excludes halogenated alkanes) is 37. The summed E-state index contributed by atoms with van der Waals surface area (Å²) in [5.41, 5.74) is 0. The second-order valence-electron chi connectivity index (χ2n) is 22.9. The van der Waals surface area contributed by atoms with Gasteiger partial charge in [-0.15, -0.1) is 0 Å². The molecule has 0 radical (unpaired) electrons. The normalized spacial score (nSPS) is 12.9. The van der Waals surface area contributed by atoms with Crippen molar-refractivity contribution in [3.05, 3.63) is 109 Å². The minimum Gasteiger partial charge on any atom is -0.462 e. The molecule has 0 fully saturated rings. The fraction of sp³-hybridized carbons (Fsp3) is 0.733. The Hall–Kier alpha value is -3.44. The molecule has 0 aliphatic carbocycles. The number of ether oxygens (including phenoxy) is 2. The summed E-state index contributed by atoms with van der Waals surface area (Å²) in [6.07, 6.45) is 101. The highest BCUT2D eigenvalue weighted by Crippen LogP contribution is 2.18. The number of aliphatic hydroxyl groups excluding tert-OH is 1. The third kappa shape index (κ3) is 67.1. The van der Waals surface area contributed by atoms with Gasteiger partial charge < -0.3 is 14.6 Å². The van der Waals surface area contributed by atoms with Crippen LogP contribution in [0.25, 0.3) is 0 Å². The van der Waals surface area contributed by atoms with Crippen molar-refractivity contribution >= 4 is 11.9 Å². The monoisotopic (exact) mass is 1110 g/mol. The Morgan fingerprint density at radius 1 is 0.300 bits per heavy atom. The Kier molecular flexibility index (Phi) is 66.8. The van der Waals surface area contributed by atoms with E-state index in [0.29, 0.717) is 12.8 Å². The van der Waals surface area contributed by atoms with Crippen LogP contribution in [0.5, 0.6) is 0 Å². The van der Waals surface area contributed by atoms with Gasteiger partial charge in [0.25, 0.3) is 0 Å². The quantitative estimate of drug-likeness (QED) is 0.0373. The molecule has 0 aromatic heterocycles. The van der Waals surface area contributed by atoms with E-state index < -0.39 is 6.10 Å². The van der Waals surface area contributed by atoms with Gasteiger partial charge in [0.2, 0.25) is 0 Å². The predicted octanol–water partition coefficient (Wildman–Crippen LogP) is 24.0. The molecular formula is C75H130O5. The number of allylic oxidation sites excluding steroid dienone is 18. The molecule has 0 spiro atoms. The van der Waals surface area contributed by atoms with Crippen LogP contribution in [0.15, 0.2) is 109 Å². The topological polar surface area (TPSA) is 72.8 Å². The zero-order chi connectivity index (χ0) is 57.6. The zero-order valence-electron chi connectivity index (χ0n) is 52.8. The van der Waals surface area contributed by atoms with Gasteiger partial charge in [-0.05, 0) is 83.5 Å². The lowest BCUT2D eigenvalue weighted by atomic mass is 10.0. The van der Waals surface area contributed by atoms with Crippen molar-refractivity contribution in [2.45, 2.75) is 341 Å². The third-order valence-corrected chi connectivity index (χ3v) is 15.1. The van der Waals surface area contributed by atoms with Crippen molar-refractivity contribution in [2.24, 2.45) is 0 Å². The molecular weight excluding hydrogens is 981 g/mol. The first-order chi connectivity index (χ1) is 39.6. The maximum atomic E-state index is 12.4. The maximum Gasteiger partial charge on any atom is 0.306 e. The fourth-order valence-corrected chi connectivity index (χ4v) is 9.96. The van der Waals surface area contributed by atoms with Crippen LogP contribution < -0.4 is 0 Å². The molecule has 0 aliphatic rings. The molecule has 0 saturated heterocycles. The van der Waals surface area contributed by atoms with Crippen LogP contribution in [0.2, 0.25) is 0 Å². The average molecular weight is 1110 g/mol. The molecule has 460 valence electrons. The number of hydrogen-bond donors (Lipinski definition) is 1. The molecule has 0 heterocycles. The third-order valence-electron chi connectivity index (χ3n) is 15.1. The largest absolute Gasteiger partial charge is 0.462 e. The standard InChI is InChI=1S/C75H130O5/c1-3-5-7-9-11-13-15-17-19-21-23-25-27-29-31-33-34-35-36-37-38-39-40-42-44-46-48-50-52-54-56-58-60-62-64-66-68-70-75(78)80-73(71-76)72-79-74(77)69-67-65-63-61-59-57-55-53-51-49-47-45-43-41-32-30-28-26-24-22-20-18-16-14-12-10-8-6-4-2/h5,7,11,13,17,19,23,25,29,31,34-35,37-38,40,42,46,48,73,76H,3-4,6,8-10,12,14-16,18,20-22,24,26-28,30,32-33,36,39,41,43-45,47,49-72H2,1-2H3/b7-5-,13-11-,19-17-,25-23-,31-29-,35-34-,38-37-,42-40-,48-46-. The van der Waals surface area contributed by atoms with Gasteiger partial charge >= 0.3 is 11.9 Å². The summed E-state index contributed by atoms with van der Waals surface area (Å²) in [5, 5.41) is 9.70. The van der Waals surface area contributed by atoms with Crippen LogP contribution in [0.3, 0.4) is 0 Å². The van der Waals surface area contributed by atoms with E-state index in [4.69, 9.17) is 9.47 Å². The molecule has 80 heavy (non-hydrogen) atoms. The molecule has 1 atom stereocenters. The molecule has 0 aromatic rings. The molecule has 0 amide bonds. The lowest BCUT2D eigenvalue weighted by molar-refractivity contribution is -0.161. The van der Waals surface area contributed by atoms with Gasteiger partial charge in [-0.1, -0.05) is 348 Å². The van der Waals surface area contributed by atoms with Crippen molar-refractivity contribution in [3.8, 4) is 0 Å². The molecule has 0 bridgehead atoms. The molecule has 5 heteroatoms. The maximum absolute atomic E-state index is 12.4. The number of rotatable bonds is 63. The number of carbonyl (C=O) groups excluding carboxylic acids is 2. The van der Waals surface area contributed by atoms with E-state index in [2.05, 4.69) is 123 Å². The van der Waals surface area contributed by atoms with Crippen LogP contribution in [0, 0.1) is 0 Å². The van der Waals surface area contributed by atoms with Gasteiger partial charge in [-0.25, -0.2) is 0 Å². The second kappa shape index (κ2) is 69.8. The van der Waals surface area contributed by atoms with Gasteiger partial charge in [-0.2, -0.15) is 0 Å². The van der Waals surface area contributed by atoms with E-state index in [0.717, 1.165) is 103 Å². The summed E-state index contributed by atoms with van der Waals surface area (Å²) in [7, 11) is 0. The van der Waals surface area contributed by atoms with Crippen molar-refractivity contribution in [1.82, 2.24) is 0 Å². The zero-order valence-corrected chi connectivity index (χ0v) is 52.8. The van der Waals surface area contributed by atoms with Gasteiger partial charge in [0.1, 0.15) is 6.61 Å². The minimum atomic E-state index is -0.782. The van der Waals surface area contributed by atoms with Crippen molar-refractivity contribution < 1.29 is 24.2 Å². The molecule has 5 nitrogen and oxygen atoms in total. The summed E-state index contributed by atoms with van der Waals surface area (Å²) >= 11 is 0. The predicted molar refractivity (Wildman–Crippen MR) is 352 cm³/mol. The summed E-state index contributed by atoms with van der Waals surface area (Å²) in [5.74, 6) is -0.588. The number of esters is 2. The van der Waals surface area contributed by atoms with E-state index in [1.807, 2.05) is 0 Å². The summed E-state index contributed by atoms with van der Waals surface area (Å²) in [6.45, 7) is 4.06. The highest BCUT2D eigenvalue weighted by molar-refractivity contribution is 5.70. The molecule has 0 aliphatic heterocycles. The summed E-state index contributed by atoms with van der Waals surface area (Å²) in [4.78, 5) is 24.6. The molecule has 0 saturated carbocycles. The Bertz CT molecular complexity index is 1540. The summed E-state index contributed by atoms with van der Waals surface area (Å²) in [6, 6.07) is 0. The van der Waals surface area contributed by atoms with Crippen molar-refractivity contribution in [2.75, 3.05) is 13.2 Å². The van der Waals surface area contributed by atoms with E-state index in [1.165, 1.54) is 205 Å². The van der Waals surface area contributed by atoms with Crippen LogP contribution in [-0.2, 0) is 19.1 Å². The van der Waals surface area contributed by atoms with Gasteiger partial charge in [0, 0.05) is 12.8 Å². The average Bonchev–Trinajstić information content (AvgIpc) is 3.46. The van der Waals surface area contributed by atoms with Crippen LogP contribution in [-0.4, -0.2) is 36.4 Å². The first kappa shape index (κ1) is 76.6. The first-order valence-electron chi connectivity index (χ1n) is 34.4. The first-order valence-corrected chi connectivity index (χ1v) is 34.4. The SMILES string of the molecule is CC/C=C\C/C=C\C/C=C\C/C=C\C/C=C\C/C=C\C/C=C\C/C=C\C/C=C\CCCCCCCCCCCC(=O)OC(CO)COC(=O)CCCCCCCCCCCCCCCCCCCCCCCCCCCCCCC. The van der Waals surface area contributed by atoms with Gasteiger partial charge in [-0.3, -0.25) is 9.59 Å². The van der Waals surface area contributed by atoms with E-state index in [-0.39, 0.29) is 25.2 Å². The number of carbonyl (C=O) groups is 2. The summed E-state index contributed by atoms with van der Waals surface area (Å²) < 4.78 is 10.8. The molecule has 0 rings (SSSR count). The Labute approximate surface area is 497 Å². The van der Waals surface area contributed by atoms with Gasteiger partial charge in [0.05, 0.1) is 6.61 Å². The Balaban J connectivity index is 3.51. The number of aliphatic hydroxyl groups is 1.